The van der Waals surface area contributed by atoms with Gasteiger partial charge in [0.2, 0.25) is 0 Å². The zero-order chi connectivity index (χ0) is 12.2. The fourth-order valence-electron chi connectivity index (χ4n) is 2.31. The summed E-state index contributed by atoms with van der Waals surface area (Å²) in [5, 5.41) is 9.28. The topological polar surface area (TPSA) is 63.6 Å². The quantitative estimate of drug-likeness (QED) is 0.589. The first-order chi connectivity index (χ1) is 7.55. The fraction of sp³-hybridized carbons (Fsp3) is 0.667. The lowest BCUT2D eigenvalue weighted by atomic mass is 9.80. The van der Waals surface area contributed by atoms with Crippen LogP contribution in [0.5, 0.6) is 0 Å². The average molecular weight is 226 g/mol. The summed E-state index contributed by atoms with van der Waals surface area (Å²) in [6.45, 7) is 1.73. The van der Waals surface area contributed by atoms with Crippen LogP contribution in [0.3, 0.4) is 0 Å². The molecule has 0 spiro atoms. The van der Waals surface area contributed by atoms with Crippen LogP contribution < -0.4 is 0 Å². The minimum Gasteiger partial charge on any atom is -0.481 e. The van der Waals surface area contributed by atoms with Gasteiger partial charge < -0.3 is 9.84 Å². The predicted octanol–water partition coefficient (Wildman–Crippen LogP) is 2.14. The third-order valence-corrected chi connectivity index (χ3v) is 3.34. The summed E-state index contributed by atoms with van der Waals surface area (Å²) >= 11 is 0. The maximum Gasteiger partial charge on any atom is 0.333 e. The zero-order valence-electron chi connectivity index (χ0n) is 9.78. The zero-order valence-corrected chi connectivity index (χ0v) is 9.78. The van der Waals surface area contributed by atoms with Gasteiger partial charge in [-0.05, 0) is 26.2 Å². The fourth-order valence-corrected chi connectivity index (χ4v) is 2.31. The molecule has 4 nitrogen and oxygen atoms in total. The van der Waals surface area contributed by atoms with Crippen LogP contribution in [0.1, 0.15) is 39.0 Å². The molecule has 16 heavy (non-hydrogen) atoms. The number of aliphatic carboxylic acids is 1. The van der Waals surface area contributed by atoms with E-state index in [9.17, 15) is 14.7 Å². The van der Waals surface area contributed by atoms with Crippen molar-refractivity contribution < 1.29 is 19.4 Å². The van der Waals surface area contributed by atoms with Gasteiger partial charge in [-0.1, -0.05) is 18.9 Å². The van der Waals surface area contributed by atoms with Crippen molar-refractivity contribution in [1.29, 1.82) is 0 Å². The number of carbonyl (C=O) groups excluding carboxylic acids is 1. The van der Waals surface area contributed by atoms with Crippen LogP contribution in [-0.4, -0.2) is 24.2 Å². The standard InChI is InChI=1S/C12H18O4/c1-3-9(10(13)16-2)8-12(11(14)15)6-4-5-7-12/h3H,4-8H2,1-2H3,(H,14,15)/b9-3-. The van der Waals surface area contributed by atoms with E-state index in [0.29, 0.717) is 18.4 Å². The van der Waals surface area contributed by atoms with E-state index in [1.807, 2.05) is 0 Å². The van der Waals surface area contributed by atoms with Gasteiger partial charge in [0, 0.05) is 5.57 Å². The van der Waals surface area contributed by atoms with Gasteiger partial charge >= 0.3 is 11.9 Å². The van der Waals surface area contributed by atoms with E-state index < -0.39 is 17.4 Å². The summed E-state index contributed by atoms with van der Waals surface area (Å²) in [7, 11) is 1.31. The summed E-state index contributed by atoms with van der Waals surface area (Å²) in [6, 6.07) is 0. The first kappa shape index (κ1) is 12.7. The Labute approximate surface area is 95.3 Å². The lowest BCUT2D eigenvalue weighted by Gasteiger charge is -2.24. The lowest BCUT2D eigenvalue weighted by molar-refractivity contribution is -0.149. The maximum absolute atomic E-state index is 11.4. The number of allylic oxidation sites excluding steroid dienone is 1. The van der Waals surface area contributed by atoms with Crippen molar-refractivity contribution in [1.82, 2.24) is 0 Å². The Kier molecular flexibility index (Phi) is 4.10. The third-order valence-electron chi connectivity index (χ3n) is 3.34. The van der Waals surface area contributed by atoms with Gasteiger partial charge in [0.1, 0.15) is 0 Å². The van der Waals surface area contributed by atoms with Crippen LogP contribution in [0.4, 0.5) is 0 Å². The van der Waals surface area contributed by atoms with Crippen LogP contribution >= 0.6 is 0 Å². The third kappa shape index (κ3) is 2.43. The molecule has 0 aromatic heterocycles. The van der Waals surface area contributed by atoms with Gasteiger partial charge in [-0.15, -0.1) is 0 Å². The number of esters is 1. The monoisotopic (exact) mass is 226 g/mol. The van der Waals surface area contributed by atoms with E-state index in [0.717, 1.165) is 12.8 Å². The van der Waals surface area contributed by atoms with E-state index >= 15 is 0 Å². The molecule has 0 bridgehead atoms. The van der Waals surface area contributed by atoms with E-state index in [1.54, 1.807) is 13.0 Å². The van der Waals surface area contributed by atoms with Gasteiger partial charge in [-0.3, -0.25) is 4.79 Å². The van der Waals surface area contributed by atoms with Gasteiger partial charge in [0.05, 0.1) is 12.5 Å². The van der Waals surface area contributed by atoms with E-state index in [2.05, 4.69) is 4.74 Å². The second kappa shape index (κ2) is 5.14. The van der Waals surface area contributed by atoms with Crippen molar-refractivity contribution in [3.05, 3.63) is 11.6 Å². The first-order valence-electron chi connectivity index (χ1n) is 5.52. The summed E-state index contributed by atoms with van der Waals surface area (Å²) in [6.07, 6.45) is 5.07. The Hall–Kier alpha value is -1.32. The SMILES string of the molecule is C/C=C(/CC1(C(=O)O)CCCC1)C(=O)OC. The Morgan fingerprint density at radius 3 is 2.31 bits per heavy atom. The molecule has 0 amide bonds. The number of rotatable bonds is 4. The summed E-state index contributed by atoms with van der Waals surface area (Å²) in [5.41, 5.74) is -0.289. The molecule has 1 saturated carbocycles. The number of carbonyl (C=O) groups is 2. The molecule has 4 heteroatoms. The number of hydrogen-bond acceptors (Lipinski definition) is 3. The Morgan fingerprint density at radius 1 is 1.38 bits per heavy atom. The molecule has 90 valence electrons. The molecule has 1 aliphatic rings. The highest BCUT2D eigenvalue weighted by molar-refractivity contribution is 5.89. The van der Waals surface area contributed by atoms with Crippen LogP contribution in [0.25, 0.3) is 0 Å². The number of carboxylic acids is 1. The molecule has 1 N–H and O–H groups in total. The molecule has 1 rings (SSSR count). The largest absolute Gasteiger partial charge is 0.481 e. The number of carboxylic acid groups (broad SMARTS) is 1. The molecule has 1 fully saturated rings. The number of hydrogen-bond donors (Lipinski definition) is 1. The molecule has 1 aliphatic carbocycles. The normalized spacial score (nSPS) is 19.5. The number of methoxy groups -OCH3 is 1. The lowest BCUT2D eigenvalue weighted by Crippen LogP contribution is -2.29. The molecule has 0 unspecified atom stereocenters. The van der Waals surface area contributed by atoms with Crippen molar-refractivity contribution in [2.45, 2.75) is 39.0 Å². The smallest absolute Gasteiger partial charge is 0.333 e. The molecule has 0 aromatic rings. The van der Waals surface area contributed by atoms with Crippen molar-refractivity contribution in [2.24, 2.45) is 5.41 Å². The summed E-state index contributed by atoms with van der Waals surface area (Å²) in [5.74, 6) is -1.22. The van der Waals surface area contributed by atoms with E-state index in [-0.39, 0.29) is 6.42 Å². The van der Waals surface area contributed by atoms with Gasteiger partial charge in [0.25, 0.3) is 0 Å². The molecule has 0 saturated heterocycles. The molecular formula is C12H18O4. The Balaban J connectivity index is 2.83. The van der Waals surface area contributed by atoms with Crippen LogP contribution in [-0.2, 0) is 14.3 Å². The van der Waals surface area contributed by atoms with Crippen LogP contribution in [0.2, 0.25) is 0 Å². The highest BCUT2D eigenvalue weighted by Gasteiger charge is 2.42. The molecule has 0 atom stereocenters. The van der Waals surface area contributed by atoms with E-state index in [4.69, 9.17) is 0 Å². The van der Waals surface area contributed by atoms with Crippen LogP contribution in [0, 0.1) is 5.41 Å². The van der Waals surface area contributed by atoms with E-state index in [1.165, 1.54) is 7.11 Å². The second-order valence-electron chi connectivity index (χ2n) is 4.27. The van der Waals surface area contributed by atoms with Crippen molar-refractivity contribution in [3.63, 3.8) is 0 Å². The Morgan fingerprint density at radius 2 is 1.94 bits per heavy atom. The molecular weight excluding hydrogens is 208 g/mol. The van der Waals surface area contributed by atoms with Crippen molar-refractivity contribution >= 4 is 11.9 Å². The highest BCUT2D eigenvalue weighted by atomic mass is 16.5. The average Bonchev–Trinajstić information content (AvgIpc) is 2.74. The maximum atomic E-state index is 11.4. The van der Waals surface area contributed by atoms with Crippen LogP contribution in [0.15, 0.2) is 11.6 Å². The number of ether oxygens (including phenoxy) is 1. The Bertz CT molecular complexity index is 311. The predicted molar refractivity (Wildman–Crippen MR) is 58.9 cm³/mol. The molecule has 0 radical (unpaired) electrons. The summed E-state index contributed by atoms with van der Waals surface area (Å²) in [4.78, 5) is 22.7. The highest BCUT2D eigenvalue weighted by Crippen LogP contribution is 2.43. The molecule has 0 aromatic carbocycles. The first-order valence-corrected chi connectivity index (χ1v) is 5.52. The van der Waals surface area contributed by atoms with Gasteiger partial charge in [-0.2, -0.15) is 0 Å². The minimum absolute atomic E-state index is 0.283. The molecule has 0 aliphatic heterocycles. The van der Waals surface area contributed by atoms with Gasteiger partial charge in [0.15, 0.2) is 0 Å². The second-order valence-corrected chi connectivity index (χ2v) is 4.27. The molecule has 0 heterocycles. The minimum atomic E-state index is -0.798. The van der Waals surface area contributed by atoms with Crippen molar-refractivity contribution in [3.8, 4) is 0 Å². The van der Waals surface area contributed by atoms with Gasteiger partial charge in [-0.25, -0.2) is 4.79 Å². The summed E-state index contributed by atoms with van der Waals surface area (Å²) < 4.78 is 4.64. The van der Waals surface area contributed by atoms with Crippen molar-refractivity contribution in [2.75, 3.05) is 7.11 Å².